The van der Waals surface area contributed by atoms with E-state index in [0.717, 1.165) is 12.5 Å². The fourth-order valence-corrected chi connectivity index (χ4v) is 2.86. The Hall–Kier alpha value is -1.09. The van der Waals surface area contributed by atoms with Crippen LogP contribution in [0.2, 0.25) is 5.02 Å². The molecule has 0 unspecified atom stereocenters. The number of hydrogen-bond donors (Lipinski definition) is 1. The highest BCUT2D eigenvalue weighted by atomic mass is 35.5. The van der Waals surface area contributed by atoms with Crippen molar-refractivity contribution in [2.24, 2.45) is 11.8 Å². The molecule has 1 aromatic rings. The van der Waals surface area contributed by atoms with Gasteiger partial charge in [-0.2, -0.15) is 0 Å². The van der Waals surface area contributed by atoms with Gasteiger partial charge in [-0.15, -0.1) is 0 Å². The molecule has 0 atom stereocenters. The first kappa shape index (κ1) is 14.3. The van der Waals surface area contributed by atoms with Gasteiger partial charge in [0.15, 0.2) is 0 Å². The Kier molecular flexibility index (Phi) is 5.20. The van der Waals surface area contributed by atoms with Crippen molar-refractivity contribution >= 4 is 17.5 Å². The molecule has 1 aliphatic carbocycles. The van der Waals surface area contributed by atoms with E-state index in [2.05, 4.69) is 17.2 Å². The second-order valence-corrected chi connectivity index (χ2v) is 5.80. The lowest BCUT2D eigenvalue weighted by Crippen LogP contribution is -2.31. The Balaban J connectivity index is 1.78. The molecular weight excluding hydrogens is 260 g/mol. The number of hydrogen-bond acceptors (Lipinski definition) is 2. The van der Waals surface area contributed by atoms with Crippen LogP contribution in [0, 0.1) is 11.8 Å². The summed E-state index contributed by atoms with van der Waals surface area (Å²) in [6, 6.07) is 3.27. The molecule has 0 bridgehead atoms. The van der Waals surface area contributed by atoms with Crippen LogP contribution >= 0.6 is 11.6 Å². The fourth-order valence-electron chi connectivity index (χ4n) is 2.70. The minimum Gasteiger partial charge on any atom is -0.350 e. The van der Waals surface area contributed by atoms with Crippen molar-refractivity contribution in [1.29, 1.82) is 0 Å². The Morgan fingerprint density at radius 2 is 2.05 bits per heavy atom. The molecule has 0 spiro atoms. The zero-order valence-corrected chi connectivity index (χ0v) is 12.1. The quantitative estimate of drug-likeness (QED) is 0.914. The van der Waals surface area contributed by atoms with Gasteiger partial charge in [-0.3, -0.25) is 9.78 Å². The summed E-state index contributed by atoms with van der Waals surface area (Å²) in [6.07, 6.45) is 7.89. The molecule has 1 fully saturated rings. The third-order valence-corrected chi connectivity index (χ3v) is 4.28. The van der Waals surface area contributed by atoms with E-state index in [1.165, 1.54) is 32.1 Å². The number of halogens is 1. The Bertz CT molecular complexity index is 428. The molecule has 4 heteroatoms. The third-order valence-electron chi connectivity index (χ3n) is 4.05. The van der Waals surface area contributed by atoms with Crippen LogP contribution in [0.3, 0.4) is 0 Å². The number of nitrogens with one attached hydrogen (secondary N) is 1. The molecule has 0 saturated heterocycles. The van der Waals surface area contributed by atoms with Gasteiger partial charge in [0.2, 0.25) is 0 Å². The van der Waals surface area contributed by atoms with Crippen molar-refractivity contribution in [2.75, 3.05) is 6.54 Å². The normalized spacial score (nSPS) is 23.1. The van der Waals surface area contributed by atoms with Gasteiger partial charge >= 0.3 is 0 Å². The average molecular weight is 281 g/mol. The summed E-state index contributed by atoms with van der Waals surface area (Å²) in [5.41, 5.74) is 0.398. The topological polar surface area (TPSA) is 42.0 Å². The number of amides is 1. The number of rotatable bonds is 4. The summed E-state index contributed by atoms with van der Waals surface area (Å²) in [6.45, 7) is 3.01. The second kappa shape index (κ2) is 6.90. The molecule has 1 aliphatic rings. The highest BCUT2D eigenvalue weighted by Crippen LogP contribution is 2.30. The number of aromatic nitrogens is 1. The standard InChI is InChI=1S/C15H21ClN2O/c1-2-11-3-5-12(6-4-11)10-18-15(19)14-9-13(16)7-8-17-14/h7-9,11-12H,2-6,10H2,1H3,(H,18,19). The lowest BCUT2D eigenvalue weighted by atomic mass is 9.81. The van der Waals surface area contributed by atoms with Crippen LogP contribution in [-0.4, -0.2) is 17.4 Å². The number of pyridine rings is 1. The maximum Gasteiger partial charge on any atom is 0.269 e. The molecule has 0 aliphatic heterocycles. The number of carbonyl (C=O) groups is 1. The van der Waals surface area contributed by atoms with Crippen LogP contribution in [0.15, 0.2) is 18.3 Å². The molecule has 19 heavy (non-hydrogen) atoms. The van der Waals surface area contributed by atoms with Gasteiger partial charge in [0.1, 0.15) is 5.69 Å². The van der Waals surface area contributed by atoms with Crippen molar-refractivity contribution in [1.82, 2.24) is 10.3 Å². The summed E-state index contributed by atoms with van der Waals surface area (Å²) < 4.78 is 0. The minimum absolute atomic E-state index is 0.125. The van der Waals surface area contributed by atoms with Gasteiger partial charge in [0, 0.05) is 17.8 Å². The molecule has 1 aromatic heterocycles. The van der Waals surface area contributed by atoms with Crippen molar-refractivity contribution in [2.45, 2.75) is 39.0 Å². The molecular formula is C15H21ClN2O. The third kappa shape index (κ3) is 4.20. The van der Waals surface area contributed by atoms with Crippen LogP contribution < -0.4 is 5.32 Å². The molecule has 0 radical (unpaired) electrons. The van der Waals surface area contributed by atoms with Crippen molar-refractivity contribution in [3.05, 3.63) is 29.0 Å². The summed E-state index contributed by atoms with van der Waals surface area (Å²) in [4.78, 5) is 16.0. The van der Waals surface area contributed by atoms with Crippen molar-refractivity contribution in [3.8, 4) is 0 Å². The average Bonchev–Trinajstić information content (AvgIpc) is 2.45. The van der Waals surface area contributed by atoms with Crippen LogP contribution in [0.25, 0.3) is 0 Å². The highest BCUT2D eigenvalue weighted by Gasteiger charge is 2.20. The Morgan fingerprint density at radius 3 is 2.68 bits per heavy atom. The van der Waals surface area contributed by atoms with Crippen LogP contribution in [0.1, 0.15) is 49.5 Å². The Labute approximate surface area is 119 Å². The van der Waals surface area contributed by atoms with Crippen molar-refractivity contribution in [3.63, 3.8) is 0 Å². The minimum atomic E-state index is -0.125. The SMILES string of the molecule is CCC1CCC(CNC(=O)c2cc(Cl)ccn2)CC1. The maximum atomic E-state index is 11.9. The molecule has 1 N–H and O–H groups in total. The maximum absolute atomic E-state index is 11.9. The zero-order valence-electron chi connectivity index (χ0n) is 11.4. The summed E-state index contributed by atoms with van der Waals surface area (Å²) >= 11 is 5.85. The van der Waals surface area contributed by atoms with Crippen LogP contribution in [-0.2, 0) is 0 Å². The lowest BCUT2D eigenvalue weighted by Gasteiger charge is -2.27. The number of carbonyl (C=O) groups excluding carboxylic acids is 1. The van der Waals surface area contributed by atoms with Crippen LogP contribution in [0.5, 0.6) is 0 Å². The smallest absolute Gasteiger partial charge is 0.269 e. The molecule has 1 heterocycles. The lowest BCUT2D eigenvalue weighted by molar-refractivity contribution is 0.0936. The first-order chi connectivity index (χ1) is 9.19. The molecule has 1 amide bonds. The van der Waals surface area contributed by atoms with E-state index in [9.17, 15) is 4.79 Å². The van der Waals surface area contributed by atoms with Gasteiger partial charge in [0.25, 0.3) is 5.91 Å². The molecule has 0 aromatic carbocycles. The van der Waals surface area contributed by atoms with Gasteiger partial charge in [0.05, 0.1) is 0 Å². The summed E-state index contributed by atoms with van der Waals surface area (Å²) in [5, 5.41) is 3.51. The van der Waals surface area contributed by atoms with E-state index in [1.807, 2.05) is 0 Å². The molecule has 2 rings (SSSR count). The summed E-state index contributed by atoms with van der Waals surface area (Å²) in [7, 11) is 0. The monoisotopic (exact) mass is 280 g/mol. The summed E-state index contributed by atoms with van der Waals surface area (Å²) in [5.74, 6) is 1.38. The predicted molar refractivity (Wildman–Crippen MR) is 77.3 cm³/mol. The van der Waals surface area contributed by atoms with Gasteiger partial charge in [-0.05, 0) is 36.8 Å². The van der Waals surface area contributed by atoms with E-state index in [1.54, 1.807) is 18.3 Å². The first-order valence-electron chi connectivity index (χ1n) is 7.08. The second-order valence-electron chi connectivity index (χ2n) is 5.36. The highest BCUT2D eigenvalue weighted by molar-refractivity contribution is 6.30. The first-order valence-corrected chi connectivity index (χ1v) is 7.46. The zero-order chi connectivity index (χ0) is 13.7. The van der Waals surface area contributed by atoms with Gasteiger partial charge in [-0.25, -0.2) is 0 Å². The van der Waals surface area contributed by atoms with Gasteiger partial charge in [-0.1, -0.05) is 37.8 Å². The van der Waals surface area contributed by atoms with E-state index >= 15 is 0 Å². The van der Waals surface area contributed by atoms with E-state index in [-0.39, 0.29) is 5.91 Å². The van der Waals surface area contributed by atoms with E-state index in [0.29, 0.717) is 16.6 Å². The van der Waals surface area contributed by atoms with Crippen molar-refractivity contribution < 1.29 is 4.79 Å². The van der Waals surface area contributed by atoms with Gasteiger partial charge < -0.3 is 5.32 Å². The van der Waals surface area contributed by atoms with E-state index < -0.39 is 0 Å². The number of nitrogens with zero attached hydrogens (tertiary/aromatic N) is 1. The van der Waals surface area contributed by atoms with Crippen LogP contribution in [0.4, 0.5) is 0 Å². The van der Waals surface area contributed by atoms with E-state index in [4.69, 9.17) is 11.6 Å². The largest absolute Gasteiger partial charge is 0.350 e. The Morgan fingerprint density at radius 1 is 1.37 bits per heavy atom. The molecule has 104 valence electrons. The molecule has 3 nitrogen and oxygen atoms in total. The predicted octanol–water partition coefficient (Wildman–Crippen LogP) is 3.68. The molecule has 1 saturated carbocycles. The fraction of sp³-hybridized carbons (Fsp3) is 0.600.